The van der Waals surface area contributed by atoms with Crippen LogP contribution in [0.3, 0.4) is 0 Å². The van der Waals surface area contributed by atoms with Gasteiger partial charge in [-0.15, -0.1) is 11.6 Å². The molecule has 0 N–H and O–H groups in total. The number of anilines is 1. The minimum Gasteiger partial charge on any atom is -0.348 e. The lowest BCUT2D eigenvalue weighted by molar-refractivity contribution is 0.851. The van der Waals surface area contributed by atoms with Crippen LogP contribution >= 0.6 is 23.2 Å². The Balaban J connectivity index is 1.90. The molecule has 92 valence electrons. The third-order valence-electron chi connectivity index (χ3n) is 3.20. The van der Waals surface area contributed by atoms with Gasteiger partial charge in [0.1, 0.15) is 5.82 Å². The van der Waals surface area contributed by atoms with Crippen molar-refractivity contribution < 1.29 is 0 Å². The van der Waals surface area contributed by atoms with Crippen LogP contribution in [0.4, 0.5) is 5.82 Å². The molecular formula is C14H12Cl2N2. The Hall–Kier alpha value is -1.25. The van der Waals surface area contributed by atoms with Crippen LogP contribution in [0.2, 0.25) is 5.02 Å². The van der Waals surface area contributed by atoms with Gasteiger partial charge >= 0.3 is 0 Å². The zero-order valence-electron chi connectivity index (χ0n) is 9.74. The van der Waals surface area contributed by atoms with Crippen LogP contribution in [0.15, 0.2) is 36.4 Å². The van der Waals surface area contributed by atoms with Gasteiger partial charge in [-0.3, -0.25) is 0 Å². The first-order valence-corrected chi connectivity index (χ1v) is 6.72. The first kappa shape index (κ1) is 11.8. The summed E-state index contributed by atoms with van der Waals surface area (Å²) in [5, 5.41) is 0.630. The fourth-order valence-corrected chi connectivity index (χ4v) is 2.68. The Morgan fingerprint density at radius 1 is 1.06 bits per heavy atom. The van der Waals surface area contributed by atoms with E-state index in [0.717, 1.165) is 24.6 Å². The molecule has 0 aliphatic carbocycles. The number of pyridine rings is 1. The molecule has 2 heterocycles. The predicted molar refractivity (Wildman–Crippen MR) is 75.1 cm³/mol. The molecule has 0 spiro atoms. The highest BCUT2D eigenvalue weighted by atomic mass is 35.5. The maximum Gasteiger partial charge on any atom is 0.129 e. The highest BCUT2D eigenvalue weighted by Crippen LogP contribution is 2.28. The number of halogens is 2. The summed E-state index contributed by atoms with van der Waals surface area (Å²) < 4.78 is 0. The van der Waals surface area contributed by atoms with Crippen LogP contribution in [0.25, 0.3) is 0 Å². The summed E-state index contributed by atoms with van der Waals surface area (Å²) in [4.78, 5) is 6.75. The number of hydrogen-bond acceptors (Lipinski definition) is 2. The second kappa shape index (κ2) is 4.79. The van der Waals surface area contributed by atoms with Gasteiger partial charge < -0.3 is 4.90 Å². The fraction of sp³-hybridized carbons (Fsp3) is 0.214. The summed E-state index contributed by atoms with van der Waals surface area (Å²) in [5.41, 5.74) is 3.47. The molecule has 0 bridgehead atoms. The number of nitrogens with zero attached hydrogens (tertiary/aromatic N) is 2. The molecule has 4 heteroatoms. The van der Waals surface area contributed by atoms with Gasteiger partial charge in [0.15, 0.2) is 0 Å². The zero-order chi connectivity index (χ0) is 12.5. The largest absolute Gasteiger partial charge is 0.348 e. The number of alkyl halides is 1. The highest BCUT2D eigenvalue weighted by Gasteiger charge is 2.19. The van der Waals surface area contributed by atoms with Crippen molar-refractivity contribution in [1.29, 1.82) is 0 Å². The molecule has 2 aromatic rings. The number of fused-ring (bicyclic) bond motifs is 1. The minimum atomic E-state index is 0.341. The first-order valence-electron chi connectivity index (χ1n) is 5.81. The van der Waals surface area contributed by atoms with Crippen molar-refractivity contribution in [2.75, 3.05) is 4.90 Å². The van der Waals surface area contributed by atoms with E-state index in [1.54, 1.807) is 0 Å². The van der Waals surface area contributed by atoms with Crippen LogP contribution in [-0.4, -0.2) is 4.98 Å². The zero-order valence-corrected chi connectivity index (χ0v) is 11.2. The van der Waals surface area contributed by atoms with E-state index in [4.69, 9.17) is 23.2 Å². The van der Waals surface area contributed by atoms with Crippen LogP contribution in [-0.2, 0) is 19.0 Å². The smallest absolute Gasteiger partial charge is 0.129 e. The minimum absolute atomic E-state index is 0.341. The van der Waals surface area contributed by atoms with Crippen molar-refractivity contribution in [1.82, 2.24) is 4.98 Å². The topological polar surface area (TPSA) is 16.1 Å². The molecule has 1 aliphatic heterocycles. The lowest BCUT2D eigenvalue weighted by Gasteiger charge is -2.17. The summed E-state index contributed by atoms with van der Waals surface area (Å²) in [6, 6.07) is 12.3. The Bertz CT molecular complexity index is 559. The standard InChI is InChI=1S/C14H12Cl2N2/c15-7-13-12(16)5-6-14(17-13)18-8-10-3-1-2-4-11(10)9-18/h1-6H,7-9H2. The Labute approximate surface area is 116 Å². The molecule has 0 radical (unpaired) electrons. The molecule has 3 rings (SSSR count). The summed E-state index contributed by atoms with van der Waals surface area (Å²) >= 11 is 11.9. The molecule has 2 nitrogen and oxygen atoms in total. The summed E-state index contributed by atoms with van der Waals surface area (Å²) in [7, 11) is 0. The lowest BCUT2D eigenvalue weighted by Crippen LogP contribution is -2.16. The predicted octanol–water partition coefficient (Wildman–Crippen LogP) is 3.99. The van der Waals surface area contributed by atoms with E-state index >= 15 is 0 Å². The highest BCUT2D eigenvalue weighted by molar-refractivity contribution is 6.32. The second-order valence-electron chi connectivity index (χ2n) is 4.36. The normalized spacial score (nSPS) is 13.8. The lowest BCUT2D eigenvalue weighted by atomic mass is 10.1. The summed E-state index contributed by atoms with van der Waals surface area (Å²) in [5.74, 6) is 1.28. The van der Waals surface area contributed by atoms with E-state index in [1.165, 1.54) is 11.1 Å². The van der Waals surface area contributed by atoms with E-state index in [2.05, 4.69) is 34.1 Å². The summed E-state index contributed by atoms with van der Waals surface area (Å²) in [6.45, 7) is 1.79. The van der Waals surface area contributed by atoms with Gasteiger partial charge in [-0.1, -0.05) is 35.9 Å². The van der Waals surface area contributed by atoms with Crippen molar-refractivity contribution >= 4 is 29.0 Å². The van der Waals surface area contributed by atoms with Crippen molar-refractivity contribution in [2.24, 2.45) is 0 Å². The second-order valence-corrected chi connectivity index (χ2v) is 5.03. The number of hydrogen-bond donors (Lipinski definition) is 0. The third kappa shape index (κ3) is 2.06. The molecule has 0 unspecified atom stereocenters. The quantitative estimate of drug-likeness (QED) is 0.772. The number of rotatable bonds is 2. The molecule has 0 atom stereocenters. The van der Waals surface area contributed by atoms with Crippen molar-refractivity contribution in [3.63, 3.8) is 0 Å². The van der Waals surface area contributed by atoms with Gasteiger partial charge in [-0.05, 0) is 23.3 Å². The SMILES string of the molecule is ClCc1nc(N2Cc3ccccc3C2)ccc1Cl. The van der Waals surface area contributed by atoms with Crippen LogP contribution in [0.1, 0.15) is 16.8 Å². The molecule has 18 heavy (non-hydrogen) atoms. The third-order valence-corrected chi connectivity index (χ3v) is 3.79. The number of aromatic nitrogens is 1. The Kier molecular flexibility index (Phi) is 3.14. The molecule has 0 saturated carbocycles. The Morgan fingerprint density at radius 2 is 1.72 bits per heavy atom. The van der Waals surface area contributed by atoms with Gasteiger partial charge in [0.25, 0.3) is 0 Å². The molecule has 1 aromatic heterocycles. The van der Waals surface area contributed by atoms with Crippen LogP contribution in [0.5, 0.6) is 0 Å². The molecule has 0 amide bonds. The average molecular weight is 279 g/mol. The van der Waals surface area contributed by atoms with Crippen molar-refractivity contribution in [3.05, 3.63) is 58.2 Å². The number of benzene rings is 1. The van der Waals surface area contributed by atoms with Gasteiger partial charge in [0, 0.05) is 13.1 Å². The Morgan fingerprint density at radius 3 is 2.33 bits per heavy atom. The van der Waals surface area contributed by atoms with E-state index < -0.39 is 0 Å². The monoisotopic (exact) mass is 278 g/mol. The fourth-order valence-electron chi connectivity index (χ4n) is 2.24. The molecular weight excluding hydrogens is 267 g/mol. The van der Waals surface area contributed by atoms with E-state index in [-0.39, 0.29) is 0 Å². The molecule has 1 aliphatic rings. The van der Waals surface area contributed by atoms with Gasteiger partial charge in [-0.25, -0.2) is 4.98 Å². The molecule has 0 fully saturated rings. The molecule has 1 aromatic carbocycles. The van der Waals surface area contributed by atoms with Crippen LogP contribution < -0.4 is 4.90 Å². The summed E-state index contributed by atoms with van der Waals surface area (Å²) in [6.07, 6.45) is 0. The van der Waals surface area contributed by atoms with Crippen molar-refractivity contribution in [3.8, 4) is 0 Å². The van der Waals surface area contributed by atoms with Crippen LogP contribution in [0, 0.1) is 0 Å². The van der Waals surface area contributed by atoms with E-state index in [1.807, 2.05) is 12.1 Å². The first-order chi connectivity index (χ1) is 8.78. The average Bonchev–Trinajstić information content (AvgIpc) is 2.83. The van der Waals surface area contributed by atoms with E-state index in [9.17, 15) is 0 Å². The van der Waals surface area contributed by atoms with Gasteiger partial charge in [-0.2, -0.15) is 0 Å². The van der Waals surface area contributed by atoms with E-state index in [0.29, 0.717) is 10.9 Å². The van der Waals surface area contributed by atoms with Crippen molar-refractivity contribution in [2.45, 2.75) is 19.0 Å². The maximum absolute atomic E-state index is 6.03. The molecule has 0 saturated heterocycles. The van der Waals surface area contributed by atoms with Gasteiger partial charge in [0.05, 0.1) is 16.6 Å². The van der Waals surface area contributed by atoms with Gasteiger partial charge in [0.2, 0.25) is 0 Å². The maximum atomic E-state index is 6.03.